The third kappa shape index (κ3) is 2.63. The number of amidine groups is 1. The van der Waals surface area contributed by atoms with Crippen LogP contribution in [0, 0.1) is 17.2 Å². The molecule has 4 heteroatoms. The van der Waals surface area contributed by atoms with E-state index in [9.17, 15) is 0 Å². The van der Waals surface area contributed by atoms with Crippen molar-refractivity contribution in [1.29, 1.82) is 5.41 Å². The van der Waals surface area contributed by atoms with E-state index in [1.807, 2.05) is 5.48 Å². The summed E-state index contributed by atoms with van der Waals surface area (Å²) in [7, 11) is 0. The molecule has 0 fully saturated rings. The maximum absolute atomic E-state index is 8.85. The number of benzene rings is 1. The molecule has 0 aliphatic heterocycles. The number of rotatable bonds is 1. The molecule has 3 N–H and O–H groups in total. The lowest BCUT2D eigenvalue weighted by molar-refractivity contribution is 0.226. The van der Waals surface area contributed by atoms with Gasteiger partial charge in [-0.15, -0.1) is 12.4 Å². The number of halogens is 1. The fourth-order valence-corrected chi connectivity index (χ4v) is 3.37. The summed E-state index contributed by atoms with van der Waals surface area (Å²) in [5.41, 5.74) is 7.79. The number of hydroxylamine groups is 1. The van der Waals surface area contributed by atoms with Crippen molar-refractivity contribution in [1.82, 2.24) is 5.48 Å². The Morgan fingerprint density at radius 2 is 1.74 bits per heavy atom. The molecular formula is C15H21ClN2O. The second kappa shape index (κ2) is 5.51. The molecule has 0 saturated heterocycles. The first-order valence-electron chi connectivity index (χ1n) is 6.79. The van der Waals surface area contributed by atoms with Gasteiger partial charge in [-0.25, -0.2) is 0 Å². The Morgan fingerprint density at radius 1 is 1.16 bits per heavy atom. The van der Waals surface area contributed by atoms with Gasteiger partial charge in [-0.3, -0.25) is 16.1 Å². The van der Waals surface area contributed by atoms with E-state index in [1.54, 1.807) is 0 Å². The van der Waals surface area contributed by atoms with Crippen molar-refractivity contribution in [3.63, 3.8) is 0 Å². The molecule has 2 atom stereocenters. The number of aryl methyl sites for hydroxylation is 1. The zero-order valence-corrected chi connectivity index (χ0v) is 12.0. The van der Waals surface area contributed by atoms with E-state index in [1.165, 1.54) is 41.5 Å². The summed E-state index contributed by atoms with van der Waals surface area (Å²) in [4.78, 5) is 0. The largest absolute Gasteiger partial charge is 0.290 e. The highest BCUT2D eigenvalue weighted by atomic mass is 35.5. The fourth-order valence-electron chi connectivity index (χ4n) is 3.37. The molecule has 0 bridgehead atoms. The van der Waals surface area contributed by atoms with Gasteiger partial charge in [0.25, 0.3) is 0 Å². The topological polar surface area (TPSA) is 56.1 Å². The summed E-state index contributed by atoms with van der Waals surface area (Å²) < 4.78 is 0. The van der Waals surface area contributed by atoms with Crippen LogP contribution in [-0.4, -0.2) is 11.0 Å². The zero-order valence-electron chi connectivity index (χ0n) is 11.2. The van der Waals surface area contributed by atoms with Gasteiger partial charge in [-0.2, -0.15) is 0 Å². The number of hydrogen-bond donors (Lipinski definition) is 3. The second-order valence-corrected chi connectivity index (χ2v) is 5.87. The van der Waals surface area contributed by atoms with Gasteiger partial charge in [0.05, 0.1) is 0 Å². The summed E-state index contributed by atoms with van der Waals surface area (Å²) in [6.07, 6.45) is 5.48. The van der Waals surface area contributed by atoms with E-state index in [-0.39, 0.29) is 24.2 Å². The van der Waals surface area contributed by atoms with Crippen LogP contribution in [0.2, 0.25) is 0 Å². The highest BCUT2D eigenvalue weighted by molar-refractivity contribution is 5.85. The SMILES string of the molecule is CC1CCc2cc3c(cc2C1)CC(C(=N)NO)C3.Cl. The predicted molar refractivity (Wildman–Crippen MR) is 78.4 cm³/mol. The highest BCUT2D eigenvalue weighted by Crippen LogP contribution is 2.33. The van der Waals surface area contributed by atoms with Gasteiger partial charge in [0.15, 0.2) is 0 Å². The van der Waals surface area contributed by atoms with Crippen LogP contribution in [0.5, 0.6) is 0 Å². The van der Waals surface area contributed by atoms with Crippen molar-refractivity contribution in [2.75, 3.05) is 0 Å². The van der Waals surface area contributed by atoms with Crippen LogP contribution in [-0.2, 0) is 25.7 Å². The lowest BCUT2D eigenvalue weighted by Crippen LogP contribution is -2.27. The van der Waals surface area contributed by atoms with Crippen LogP contribution in [0.25, 0.3) is 0 Å². The van der Waals surface area contributed by atoms with E-state index in [0.29, 0.717) is 0 Å². The Hall–Kier alpha value is -1.06. The normalized spacial score (nSPS) is 24.1. The summed E-state index contributed by atoms with van der Waals surface area (Å²) >= 11 is 0. The number of hydrogen-bond acceptors (Lipinski definition) is 2. The molecule has 0 amide bonds. The molecule has 0 radical (unpaired) electrons. The molecule has 0 heterocycles. The van der Waals surface area contributed by atoms with Crippen LogP contribution >= 0.6 is 12.4 Å². The van der Waals surface area contributed by atoms with Crippen molar-refractivity contribution >= 4 is 18.2 Å². The lowest BCUT2D eigenvalue weighted by atomic mass is 9.83. The first-order valence-corrected chi connectivity index (χ1v) is 6.79. The maximum atomic E-state index is 8.85. The predicted octanol–water partition coefficient (Wildman–Crippen LogP) is 2.90. The molecule has 1 aromatic carbocycles. The monoisotopic (exact) mass is 280 g/mol. The number of fused-ring (bicyclic) bond motifs is 2. The van der Waals surface area contributed by atoms with Crippen molar-refractivity contribution < 1.29 is 5.21 Å². The van der Waals surface area contributed by atoms with Crippen LogP contribution in [0.4, 0.5) is 0 Å². The van der Waals surface area contributed by atoms with Crippen molar-refractivity contribution in [2.24, 2.45) is 11.8 Å². The van der Waals surface area contributed by atoms with Gasteiger partial charge in [0.1, 0.15) is 5.84 Å². The van der Waals surface area contributed by atoms with Crippen LogP contribution < -0.4 is 5.48 Å². The zero-order chi connectivity index (χ0) is 12.7. The molecule has 3 rings (SSSR count). The van der Waals surface area contributed by atoms with Crippen LogP contribution in [0.3, 0.4) is 0 Å². The Kier molecular flexibility index (Phi) is 4.16. The molecule has 2 unspecified atom stereocenters. The van der Waals surface area contributed by atoms with E-state index >= 15 is 0 Å². The van der Waals surface area contributed by atoms with Crippen LogP contribution in [0.1, 0.15) is 35.6 Å². The molecular weight excluding hydrogens is 260 g/mol. The molecule has 0 saturated carbocycles. The summed E-state index contributed by atoms with van der Waals surface area (Å²) in [6.45, 7) is 2.32. The van der Waals surface area contributed by atoms with Crippen molar-refractivity contribution in [2.45, 2.75) is 39.0 Å². The Morgan fingerprint density at radius 3 is 2.37 bits per heavy atom. The van der Waals surface area contributed by atoms with E-state index in [2.05, 4.69) is 19.1 Å². The molecule has 0 spiro atoms. The maximum Gasteiger partial charge on any atom is 0.121 e. The molecule has 0 aromatic heterocycles. The molecule has 104 valence electrons. The van der Waals surface area contributed by atoms with Gasteiger partial charge >= 0.3 is 0 Å². The van der Waals surface area contributed by atoms with E-state index in [4.69, 9.17) is 10.6 Å². The summed E-state index contributed by atoms with van der Waals surface area (Å²) in [6, 6.07) is 4.70. The number of nitrogens with one attached hydrogen (secondary N) is 2. The smallest absolute Gasteiger partial charge is 0.121 e. The van der Waals surface area contributed by atoms with Gasteiger partial charge in [0, 0.05) is 5.92 Å². The van der Waals surface area contributed by atoms with Gasteiger partial charge < -0.3 is 0 Å². The van der Waals surface area contributed by atoms with E-state index < -0.39 is 0 Å². The van der Waals surface area contributed by atoms with Gasteiger partial charge in [-0.1, -0.05) is 19.1 Å². The Balaban J connectivity index is 0.00000133. The minimum Gasteiger partial charge on any atom is -0.290 e. The van der Waals surface area contributed by atoms with Crippen LogP contribution in [0.15, 0.2) is 12.1 Å². The summed E-state index contributed by atoms with van der Waals surface area (Å²) in [5, 5.41) is 16.5. The fraction of sp³-hybridized carbons (Fsp3) is 0.533. The highest BCUT2D eigenvalue weighted by Gasteiger charge is 2.27. The summed E-state index contributed by atoms with van der Waals surface area (Å²) in [5.74, 6) is 1.17. The molecule has 2 aliphatic carbocycles. The molecule has 2 aliphatic rings. The standard InChI is InChI=1S/C15H20N2O.ClH/c1-9-2-3-10-5-12-7-14(15(16)17-18)8-13(12)6-11(10)4-9;/h5-6,9,14,18H,2-4,7-8H2,1H3,(H2,16,17);1H. The third-order valence-corrected chi connectivity index (χ3v) is 4.46. The lowest BCUT2D eigenvalue weighted by Gasteiger charge is -2.22. The minimum absolute atomic E-state index is 0. The average molecular weight is 281 g/mol. The van der Waals surface area contributed by atoms with E-state index in [0.717, 1.165) is 18.8 Å². The first-order chi connectivity index (χ1) is 8.67. The quantitative estimate of drug-likeness (QED) is 0.421. The van der Waals surface area contributed by atoms with Gasteiger partial charge in [-0.05, 0) is 60.3 Å². The average Bonchev–Trinajstić information content (AvgIpc) is 2.77. The second-order valence-electron chi connectivity index (χ2n) is 5.87. The third-order valence-electron chi connectivity index (χ3n) is 4.46. The molecule has 3 nitrogen and oxygen atoms in total. The molecule has 1 aromatic rings. The van der Waals surface area contributed by atoms with Crippen molar-refractivity contribution in [3.8, 4) is 0 Å². The molecule has 19 heavy (non-hydrogen) atoms. The Bertz CT molecular complexity index is 501. The minimum atomic E-state index is 0. The van der Waals surface area contributed by atoms with Gasteiger partial charge in [0.2, 0.25) is 0 Å². The first kappa shape index (κ1) is 14.4. The van der Waals surface area contributed by atoms with Crippen molar-refractivity contribution in [3.05, 3.63) is 34.4 Å². The Labute approximate surface area is 120 Å².